The molecular weight excluding hydrogens is 317 g/mol. The number of amides is 1. The Bertz CT molecular complexity index is 815. The largest absolute Gasteiger partial charge is 0.489 e. The van der Waals surface area contributed by atoms with Crippen LogP contribution in [-0.4, -0.2) is 5.91 Å². The van der Waals surface area contributed by atoms with Crippen LogP contribution in [-0.2, 0) is 13.2 Å². The lowest BCUT2D eigenvalue weighted by Gasteiger charge is -2.08. The number of benzene rings is 3. The van der Waals surface area contributed by atoms with Crippen molar-refractivity contribution in [1.29, 1.82) is 0 Å². The maximum Gasteiger partial charge on any atom is 0.251 e. The molecule has 0 spiro atoms. The Morgan fingerprint density at radius 2 is 1.48 bits per heavy atom. The van der Waals surface area contributed by atoms with Crippen molar-refractivity contribution in [3.05, 3.63) is 101 Å². The second kappa shape index (κ2) is 8.11. The zero-order valence-corrected chi connectivity index (χ0v) is 13.6. The SMILES string of the molecule is O=C(NCc1ccc(OCc2ccc(F)cc2)cc1)c1ccccc1. The number of nitrogens with one attached hydrogen (secondary N) is 1. The summed E-state index contributed by atoms with van der Waals surface area (Å²) in [5, 5.41) is 2.88. The first-order valence-electron chi connectivity index (χ1n) is 8.00. The van der Waals surface area contributed by atoms with E-state index >= 15 is 0 Å². The molecule has 126 valence electrons. The van der Waals surface area contributed by atoms with Gasteiger partial charge in [0.15, 0.2) is 0 Å². The fraction of sp³-hybridized carbons (Fsp3) is 0.0952. The fourth-order valence-corrected chi connectivity index (χ4v) is 2.32. The summed E-state index contributed by atoms with van der Waals surface area (Å²) >= 11 is 0. The predicted molar refractivity (Wildman–Crippen MR) is 94.8 cm³/mol. The quantitative estimate of drug-likeness (QED) is 0.728. The van der Waals surface area contributed by atoms with Gasteiger partial charge in [0.05, 0.1) is 0 Å². The van der Waals surface area contributed by atoms with Crippen molar-refractivity contribution in [2.24, 2.45) is 0 Å². The molecule has 0 fully saturated rings. The summed E-state index contributed by atoms with van der Waals surface area (Å²) in [7, 11) is 0. The Kier molecular flexibility index (Phi) is 5.42. The highest BCUT2D eigenvalue weighted by atomic mass is 19.1. The van der Waals surface area contributed by atoms with Crippen LogP contribution in [0.1, 0.15) is 21.5 Å². The van der Waals surface area contributed by atoms with Crippen LogP contribution in [0.25, 0.3) is 0 Å². The van der Waals surface area contributed by atoms with E-state index in [9.17, 15) is 9.18 Å². The van der Waals surface area contributed by atoms with Crippen molar-refractivity contribution in [2.45, 2.75) is 13.2 Å². The van der Waals surface area contributed by atoms with Crippen LogP contribution < -0.4 is 10.1 Å². The maximum absolute atomic E-state index is 12.9. The first-order chi connectivity index (χ1) is 12.2. The van der Waals surface area contributed by atoms with Gasteiger partial charge in [0.1, 0.15) is 18.2 Å². The van der Waals surface area contributed by atoms with E-state index in [4.69, 9.17) is 4.74 Å². The maximum atomic E-state index is 12.9. The molecule has 4 heteroatoms. The molecule has 3 rings (SSSR count). The predicted octanol–water partition coefficient (Wildman–Crippen LogP) is 4.33. The molecule has 3 nitrogen and oxygen atoms in total. The average Bonchev–Trinajstić information content (AvgIpc) is 2.67. The van der Waals surface area contributed by atoms with Gasteiger partial charge < -0.3 is 10.1 Å². The second-order valence-electron chi connectivity index (χ2n) is 5.61. The Balaban J connectivity index is 1.50. The van der Waals surface area contributed by atoms with Crippen molar-refractivity contribution >= 4 is 5.91 Å². The highest BCUT2D eigenvalue weighted by Gasteiger charge is 2.04. The van der Waals surface area contributed by atoms with Crippen molar-refractivity contribution in [3.63, 3.8) is 0 Å². The summed E-state index contributed by atoms with van der Waals surface area (Å²) in [6.45, 7) is 0.830. The summed E-state index contributed by atoms with van der Waals surface area (Å²) < 4.78 is 18.5. The number of halogens is 1. The van der Waals surface area contributed by atoms with Gasteiger partial charge in [-0.1, -0.05) is 42.5 Å². The minimum atomic E-state index is -0.259. The number of rotatable bonds is 6. The third-order valence-electron chi connectivity index (χ3n) is 3.73. The van der Waals surface area contributed by atoms with Crippen molar-refractivity contribution in [3.8, 4) is 5.75 Å². The van der Waals surface area contributed by atoms with E-state index in [1.54, 1.807) is 24.3 Å². The van der Waals surface area contributed by atoms with Gasteiger partial charge in [0.2, 0.25) is 0 Å². The molecule has 0 aromatic heterocycles. The number of carbonyl (C=O) groups excluding carboxylic acids is 1. The molecule has 0 aliphatic heterocycles. The van der Waals surface area contributed by atoms with E-state index in [0.29, 0.717) is 18.7 Å². The molecule has 0 unspecified atom stereocenters. The Morgan fingerprint density at radius 3 is 2.16 bits per heavy atom. The van der Waals surface area contributed by atoms with Crippen LogP contribution in [0.15, 0.2) is 78.9 Å². The van der Waals surface area contributed by atoms with Crippen LogP contribution >= 0.6 is 0 Å². The lowest BCUT2D eigenvalue weighted by molar-refractivity contribution is 0.0951. The van der Waals surface area contributed by atoms with Crippen LogP contribution in [0.2, 0.25) is 0 Å². The molecule has 1 N–H and O–H groups in total. The van der Waals surface area contributed by atoms with Crippen LogP contribution in [0.4, 0.5) is 4.39 Å². The van der Waals surface area contributed by atoms with Gasteiger partial charge in [0.25, 0.3) is 5.91 Å². The van der Waals surface area contributed by atoms with E-state index < -0.39 is 0 Å². The fourth-order valence-electron chi connectivity index (χ4n) is 2.32. The Labute approximate surface area is 146 Å². The van der Waals surface area contributed by atoms with Gasteiger partial charge in [-0.05, 0) is 47.5 Å². The summed E-state index contributed by atoms with van der Waals surface area (Å²) in [6.07, 6.45) is 0. The lowest BCUT2D eigenvalue weighted by Crippen LogP contribution is -2.22. The van der Waals surface area contributed by atoms with Crippen molar-refractivity contribution < 1.29 is 13.9 Å². The van der Waals surface area contributed by atoms with E-state index in [0.717, 1.165) is 16.9 Å². The molecule has 25 heavy (non-hydrogen) atoms. The van der Waals surface area contributed by atoms with Gasteiger partial charge in [-0.3, -0.25) is 4.79 Å². The Morgan fingerprint density at radius 1 is 0.840 bits per heavy atom. The van der Waals surface area contributed by atoms with Gasteiger partial charge in [-0.2, -0.15) is 0 Å². The van der Waals surface area contributed by atoms with Crippen molar-refractivity contribution in [1.82, 2.24) is 5.32 Å². The molecule has 1 amide bonds. The van der Waals surface area contributed by atoms with Crippen molar-refractivity contribution in [2.75, 3.05) is 0 Å². The van der Waals surface area contributed by atoms with E-state index in [1.807, 2.05) is 42.5 Å². The van der Waals surface area contributed by atoms with E-state index in [2.05, 4.69) is 5.32 Å². The number of ether oxygens (including phenoxy) is 1. The molecule has 0 saturated heterocycles. The molecule has 0 atom stereocenters. The number of carbonyl (C=O) groups is 1. The number of hydrogen-bond donors (Lipinski definition) is 1. The Hall–Kier alpha value is -3.14. The standard InChI is InChI=1S/C21H18FNO2/c22-19-10-6-17(7-11-19)15-25-20-12-8-16(9-13-20)14-23-21(24)18-4-2-1-3-5-18/h1-13H,14-15H2,(H,23,24). The molecule has 3 aromatic rings. The summed E-state index contributed by atoms with van der Waals surface area (Å²) in [4.78, 5) is 12.0. The highest BCUT2D eigenvalue weighted by Crippen LogP contribution is 2.14. The first kappa shape index (κ1) is 16.7. The topological polar surface area (TPSA) is 38.3 Å². The molecule has 0 saturated carbocycles. The zero-order chi connectivity index (χ0) is 17.5. The first-order valence-corrected chi connectivity index (χ1v) is 8.00. The molecule has 0 bridgehead atoms. The van der Waals surface area contributed by atoms with Gasteiger partial charge in [-0.15, -0.1) is 0 Å². The molecule has 0 radical (unpaired) electrons. The summed E-state index contributed by atoms with van der Waals surface area (Å²) in [5.74, 6) is 0.366. The third kappa shape index (κ3) is 4.91. The summed E-state index contributed by atoms with van der Waals surface area (Å²) in [5.41, 5.74) is 2.53. The van der Waals surface area contributed by atoms with E-state index in [-0.39, 0.29) is 11.7 Å². The highest BCUT2D eigenvalue weighted by molar-refractivity contribution is 5.94. The molecular formula is C21H18FNO2. The van der Waals surface area contributed by atoms with Gasteiger partial charge >= 0.3 is 0 Å². The van der Waals surface area contributed by atoms with E-state index in [1.165, 1.54) is 12.1 Å². The van der Waals surface area contributed by atoms with Gasteiger partial charge in [0, 0.05) is 12.1 Å². The van der Waals surface area contributed by atoms with Gasteiger partial charge in [-0.25, -0.2) is 4.39 Å². The second-order valence-corrected chi connectivity index (χ2v) is 5.61. The van der Waals surface area contributed by atoms with Crippen LogP contribution in [0.5, 0.6) is 5.75 Å². The van der Waals surface area contributed by atoms with Crippen LogP contribution in [0.3, 0.4) is 0 Å². The number of hydrogen-bond acceptors (Lipinski definition) is 2. The molecule has 0 aliphatic rings. The minimum Gasteiger partial charge on any atom is -0.489 e. The normalized spacial score (nSPS) is 10.3. The zero-order valence-electron chi connectivity index (χ0n) is 13.6. The monoisotopic (exact) mass is 335 g/mol. The summed E-state index contributed by atoms with van der Waals surface area (Å²) in [6, 6.07) is 22.9. The smallest absolute Gasteiger partial charge is 0.251 e. The third-order valence-corrected chi connectivity index (χ3v) is 3.73. The van der Waals surface area contributed by atoms with Crippen LogP contribution in [0, 0.1) is 5.82 Å². The molecule has 0 aliphatic carbocycles. The average molecular weight is 335 g/mol. The lowest BCUT2D eigenvalue weighted by atomic mass is 10.2. The molecule has 3 aromatic carbocycles. The minimum absolute atomic E-state index is 0.0998. The molecule has 0 heterocycles.